The fraction of sp³-hybridized carbons (Fsp3) is 0.462. The Balaban J connectivity index is 2.49. The number of sulfonamides is 1. The summed E-state index contributed by atoms with van der Waals surface area (Å²) in [4.78, 5) is 28.3. The van der Waals surface area contributed by atoms with Crippen LogP contribution >= 0.6 is 23.2 Å². The third-order valence-electron chi connectivity index (χ3n) is 5.93. The van der Waals surface area contributed by atoms with Crippen molar-refractivity contribution in [1.82, 2.24) is 10.2 Å². The average molecular weight is 557 g/mol. The molecule has 7 nitrogen and oxygen atoms in total. The molecule has 36 heavy (non-hydrogen) atoms. The van der Waals surface area contributed by atoms with Gasteiger partial charge in [0.2, 0.25) is 21.8 Å². The fourth-order valence-corrected chi connectivity index (χ4v) is 5.00. The summed E-state index contributed by atoms with van der Waals surface area (Å²) in [5.41, 5.74) is 2.76. The predicted octanol–water partition coefficient (Wildman–Crippen LogP) is 4.96. The number of amides is 2. The highest BCUT2D eigenvalue weighted by atomic mass is 35.5. The van der Waals surface area contributed by atoms with E-state index in [1.165, 1.54) is 4.90 Å². The average Bonchev–Trinajstić information content (AvgIpc) is 2.79. The van der Waals surface area contributed by atoms with Crippen molar-refractivity contribution in [2.75, 3.05) is 23.7 Å². The van der Waals surface area contributed by atoms with Crippen molar-refractivity contribution in [3.05, 3.63) is 63.1 Å². The molecular weight excluding hydrogens is 521 g/mol. The molecule has 0 aliphatic rings. The standard InChI is InChI=1S/C26H35Cl2N3O4S/c1-7-23(26(33)29-14-17(2)3)30(15-20-11-12-21(27)22(28)13-20)25(32)16-31(36(6,34)35)24-10-8-9-18(4)19(24)5/h8-13,17,23H,7,14-16H2,1-6H3,(H,29,33)/t23-/m0/s1. The maximum atomic E-state index is 13.7. The molecule has 0 aliphatic carbocycles. The van der Waals surface area contributed by atoms with E-state index < -0.39 is 28.5 Å². The van der Waals surface area contributed by atoms with Gasteiger partial charge in [-0.3, -0.25) is 13.9 Å². The number of anilines is 1. The van der Waals surface area contributed by atoms with Crippen LogP contribution in [0.1, 0.15) is 43.9 Å². The molecule has 198 valence electrons. The Morgan fingerprint density at radius 3 is 2.28 bits per heavy atom. The minimum Gasteiger partial charge on any atom is -0.354 e. The molecule has 0 heterocycles. The first kappa shape index (κ1) is 29.9. The van der Waals surface area contributed by atoms with Crippen LogP contribution in [0.15, 0.2) is 36.4 Å². The van der Waals surface area contributed by atoms with E-state index in [1.54, 1.807) is 30.3 Å². The molecule has 1 atom stereocenters. The van der Waals surface area contributed by atoms with Gasteiger partial charge >= 0.3 is 0 Å². The Morgan fingerprint density at radius 2 is 1.72 bits per heavy atom. The first-order valence-electron chi connectivity index (χ1n) is 11.8. The zero-order valence-electron chi connectivity index (χ0n) is 21.6. The molecule has 0 aliphatic heterocycles. The lowest BCUT2D eigenvalue weighted by molar-refractivity contribution is -0.140. The molecule has 0 radical (unpaired) electrons. The summed E-state index contributed by atoms with van der Waals surface area (Å²) < 4.78 is 26.7. The molecule has 1 N–H and O–H groups in total. The number of halogens is 2. The number of carbonyl (C=O) groups is 2. The van der Waals surface area contributed by atoms with Gasteiger partial charge in [0.05, 0.1) is 22.0 Å². The largest absolute Gasteiger partial charge is 0.354 e. The second kappa shape index (κ2) is 12.8. The number of nitrogens with zero attached hydrogens (tertiary/aromatic N) is 2. The van der Waals surface area contributed by atoms with Gasteiger partial charge in [0.1, 0.15) is 12.6 Å². The Kier molecular flexibility index (Phi) is 10.6. The van der Waals surface area contributed by atoms with Crippen LogP contribution in [0.5, 0.6) is 0 Å². The van der Waals surface area contributed by atoms with Crippen LogP contribution in [0.2, 0.25) is 10.0 Å². The van der Waals surface area contributed by atoms with E-state index in [4.69, 9.17) is 23.2 Å². The van der Waals surface area contributed by atoms with E-state index in [0.717, 1.165) is 21.7 Å². The van der Waals surface area contributed by atoms with E-state index >= 15 is 0 Å². The highest BCUT2D eigenvalue weighted by Crippen LogP contribution is 2.27. The summed E-state index contributed by atoms with van der Waals surface area (Å²) in [7, 11) is -3.80. The fourth-order valence-electron chi connectivity index (χ4n) is 3.78. The molecule has 2 rings (SSSR count). The Morgan fingerprint density at radius 1 is 1.06 bits per heavy atom. The lowest BCUT2D eigenvalue weighted by atomic mass is 10.1. The van der Waals surface area contributed by atoms with Gasteiger partial charge in [-0.2, -0.15) is 0 Å². The molecule has 0 unspecified atom stereocenters. The van der Waals surface area contributed by atoms with E-state index in [2.05, 4.69) is 5.32 Å². The normalized spacial score (nSPS) is 12.4. The molecule has 0 spiro atoms. The van der Waals surface area contributed by atoms with Crippen LogP contribution in [-0.4, -0.2) is 50.5 Å². The number of benzene rings is 2. The predicted molar refractivity (Wildman–Crippen MR) is 147 cm³/mol. The van der Waals surface area contributed by atoms with Crippen molar-refractivity contribution in [2.24, 2.45) is 5.92 Å². The molecule has 0 saturated heterocycles. The number of rotatable bonds is 11. The van der Waals surface area contributed by atoms with Crippen molar-refractivity contribution in [1.29, 1.82) is 0 Å². The minimum absolute atomic E-state index is 0.0632. The van der Waals surface area contributed by atoms with Crippen molar-refractivity contribution in [2.45, 2.75) is 53.6 Å². The van der Waals surface area contributed by atoms with Gasteiger partial charge in [-0.25, -0.2) is 8.42 Å². The Labute approximate surface area is 224 Å². The van der Waals surface area contributed by atoms with Crippen molar-refractivity contribution in [3.8, 4) is 0 Å². The monoisotopic (exact) mass is 555 g/mol. The van der Waals surface area contributed by atoms with Crippen LogP contribution < -0.4 is 9.62 Å². The van der Waals surface area contributed by atoms with E-state index in [-0.39, 0.29) is 18.4 Å². The zero-order chi connectivity index (χ0) is 27.2. The molecule has 0 fully saturated rings. The second-order valence-corrected chi connectivity index (χ2v) is 12.0. The summed E-state index contributed by atoms with van der Waals surface area (Å²) in [6.45, 7) is 9.54. The van der Waals surface area contributed by atoms with Crippen LogP contribution in [0.3, 0.4) is 0 Å². The summed E-state index contributed by atoms with van der Waals surface area (Å²) in [5, 5.41) is 3.59. The molecule has 0 bridgehead atoms. The molecule has 2 amide bonds. The van der Waals surface area contributed by atoms with Crippen molar-refractivity contribution < 1.29 is 18.0 Å². The molecule has 0 aromatic heterocycles. The number of aryl methyl sites for hydroxylation is 1. The molecule has 2 aromatic carbocycles. The van der Waals surface area contributed by atoms with Crippen molar-refractivity contribution in [3.63, 3.8) is 0 Å². The lowest BCUT2D eigenvalue weighted by Crippen LogP contribution is -2.52. The first-order chi connectivity index (χ1) is 16.8. The molecule has 2 aromatic rings. The van der Waals surface area contributed by atoms with Gasteiger partial charge in [-0.05, 0) is 61.1 Å². The number of nitrogens with one attached hydrogen (secondary N) is 1. The molecular formula is C26H35Cl2N3O4S. The van der Waals surface area contributed by atoms with E-state index in [1.807, 2.05) is 40.7 Å². The number of hydrogen-bond acceptors (Lipinski definition) is 4. The van der Waals surface area contributed by atoms with Gasteiger partial charge in [-0.1, -0.05) is 62.2 Å². The smallest absolute Gasteiger partial charge is 0.244 e. The van der Waals surface area contributed by atoms with Gasteiger partial charge in [-0.15, -0.1) is 0 Å². The minimum atomic E-state index is -3.80. The highest BCUT2D eigenvalue weighted by Gasteiger charge is 2.32. The zero-order valence-corrected chi connectivity index (χ0v) is 24.0. The quantitative estimate of drug-likeness (QED) is 0.424. The summed E-state index contributed by atoms with van der Waals surface area (Å²) in [6, 6.07) is 9.50. The van der Waals surface area contributed by atoms with Crippen LogP contribution in [-0.2, 0) is 26.2 Å². The molecule has 0 saturated carbocycles. The number of carbonyl (C=O) groups excluding carboxylic acids is 2. The van der Waals surface area contributed by atoms with Gasteiger partial charge < -0.3 is 10.2 Å². The van der Waals surface area contributed by atoms with Gasteiger partial charge in [0.15, 0.2) is 0 Å². The van der Waals surface area contributed by atoms with E-state index in [9.17, 15) is 18.0 Å². The lowest BCUT2D eigenvalue weighted by Gasteiger charge is -2.33. The maximum Gasteiger partial charge on any atom is 0.244 e. The third kappa shape index (κ3) is 7.85. The van der Waals surface area contributed by atoms with Gasteiger partial charge in [0.25, 0.3) is 0 Å². The third-order valence-corrected chi connectivity index (χ3v) is 7.80. The number of hydrogen-bond donors (Lipinski definition) is 1. The highest BCUT2D eigenvalue weighted by molar-refractivity contribution is 7.92. The summed E-state index contributed by atoms with van der Waals surface area (Å²) >= 11 is 12.2. The first-order valence-corrected chi connectivity index (χ1v) is 14.4. The van der Waals surface area contributed by atoms with Crippen LogP contribution in [0, 0.1) is 19.8 Å². The maximum absolute atomic E-state index is 13.7. The topological polar surface area (TPSA) is 86.8 Å². The summed E-state index contributed by atoms with van der Waals surface area (Å²) in [5.74, 6) is -0.563. The molecule has 10 heteroatoms. The SMILES string of the molecule is CC[C@@H](C(=O)NCC(C)C)N(Cc1ccc(Cl)c(Cl)c1)C(=O)CN(c1cccc(C)c1C)S(C)(=O)=O. The summed E-state index contributed by atoms with van der Waals surface area (Å²) in [6.07, 6.45) is 1.41. The van der Waals surface area contributed by atoms with E-state index in [0.29, 0.717) is 34.3 Å². The van der Waals surface area contributed by atoms with Crippen molar-refractivity contribution >= 4 is 50.7 Å². The Hall–Kier alpha value is -2.29. The van der Waals surface area contributed by atoms with Crippen LogP contribution in [0.4, 0.5) is 5.69 Å². The van der Waals surface area contributed by atoms with Gasteiger partial charge in [0, 0.05) is 13.1 Å². The van der Waals surface area contributed by atoms with Crippen LogP contribution in [0.25, 0.3) is 0 Å². The second-order valence-electron chi connectivity index (χ2n) is 9.32. The Bertz CT molecular complexity index is 1200.